The second-order valence-corrected chi connectivity index (χ2v) is 7.32. The number of carboxylic acid groups (broad SMARTS) is 1. The molecular formula is C13H13NO5S2. The Morgan fingerprint density at radius 2 is 1.95 bits per heavy atom. The predicted octanol–water partition coefficient (Wildman–Crippen LogP) is 2.49. The van der Waals surface area contributed by atoms with Crippen molar-refractivity contribution < 1.29 is 23.1 Å². The smallest absolute Gasteiger partial charge is 0.346 e. The second kappa shape index (κ2) is 5.84. The highest BCUT2D eigenvalue weighted by atomic mass is 32.2. The predicted molar refractivity (Wildman–Crippen MR) is 78.7 cm³/mol. The van der Waals surface area contributed by atoms with E-state index in [0.717, 1.165) is 15.6 Å². The maximum Gasteiger partial charge on any atom is 0.346 e. The van der Waals surface area contributed by atoms with E-state index >= 15 is 0 Å². The molecule has 0 saturated carbocycles. The Bertz CT molecular complexity index is 764. The fraction of sp³-hybridized carbons (Fsp3) is 0.154. The van der Waals surface area contributed by atoms with Crippen molar-refractivity contribution in [2.24, 2.45) is 0 Å². The van der Waals surface area contributed by atoms with Gasteiger partial charge in [-0.3, -0.25) is 0 Å². The van der Waals surface area contributed by atoms with Crippen LogP contribution in [0.25, 0.3) is 0 Å². The monoisotopic (exact) mass is 327 g/mol. The minimum Gasteiger partial charge on any atom is -0.477 e. The molecule has 0 saturated heterocycles. The Hall–Kier alpha value is -1.90. The molecule has 6 nitrogen and oxygen atoms in total. The first-order valence-electron chi connectivity index (χ1n) is 5.83. The number of nitrogens with zero attached hydrogens (tertiary/aromatic N) is 1. The van der Waals surface area contributed by atoms with Gasteiger partial charge in [-0.2, -0.15) is 0 Å². The van der Waals surface area contributed by atoms with Gasteiger partial charge in [-0.05, 0) is 12.1 Å². The lowest BCUT2D eigenvalue weighted by molar-refractivity contribution is 0.0702. The summed E-state index contributed by atoms with van der Waals surface area (Å²) in [6, 6.07) is 7.56. The average Bonchev–Trinajstić information content (AvgIpc) is 2.87. The molecule has 21 heavy (non-hydrogen) atoms. The molecule has 1 heterocycles. The van der Waals surface area contributed by atoms with Crippen LogP contribution >= 0.6 is 11.3 Å². The van der Waals surface area contributed by atoms with Gasteiger partial charge in [0, 0.05) is 25.5 Å². The first kappa shape index (κ1) is 15.5. The van der Waals surface area contributed by atoms with Crippen LogP contribution in [0.15, 0.2) is 40.6 Å². The number of hydrogen-bond acceptors (Lipinski definition) is 5. The van der Waals surface area contributed by atoms with E-state index in [4.69, 9.17) is 9.84 Å². The van der Waals surface area contributed by atoms with Crippen LogP contribution in [0.2, 0.25) is 0 Å². The van der Waals surface area contributed by atoms with Crippen molar-refractivity contribution in [3.05, 3.63) is 40.6 Å². The summed E-state index contributed by atoms with van der Waals surface area (Å²) in [5.41, 5.74) is 0. The number of thiophene rings is 1. The summed E-state index contributed by atoms with van der Waals surface area (Å²) in [6.07, 6.45) is 0. The standard InChI is InChI=1S/C13H13NO5S2/c1-14(2)21(17,18)12-6-4-3-5-10(12)19-9-7-11(13(15)16)20-8-9/h3-8H,1-2H3,(H,15,16). The molecule has 2 aromatic rings. The fourth-order valence-corrected chi connectivity index (χ4v) is 3.21. The normalized spacial score (nSPS) is 11.6. The van der Waals surface area contributed by atoms with Crippen molar-refractivity contribution in [2.45, 2.75) is 4.90 Å². The fourth-order valence-electron chi connectivity index (χ4n) is 1.56. The molecule has 1 N–H and O–H groups in total. The lowest BCUT2D eigenvalue weighted by atomic mass is 10.3. The number of carboxylic acids is 1. The van der Waals surface area contributed by atoms with E-state index in [0.29, 0.717) is 5.75 Å². The van der Waals surface area contributed by atoms with Gasteiger partial charge in [-0.25, -0.2) is 17.5 Å². The Morgan fingerprint density at radius 3 is 2.52 bits per heavy atom. The quantitative estimate of drug-likeness (QED) is 0.912. The Labute approximate surface area is 126 Å². The molecule has 0 fully saturated rings. The molecule has 112 valence electrons. The van der Waals surface area contributed by atoms with Crippen LogP contribution in [0.1, 0.15) is 9.67 Å². The van der Waals surface area contributed by atoms with Gasteiger partial charge in [0.05, 0.1) is 0 Å². The van der Waals surface area contributed by atoms with Crippen LogP contribution in [0, 0.1) is 0 Å². The second-order valence-electron chi connectivity index (χ2n) is 4.29. The summed E-state index contributed by atoms with van der Waals surface area (Å²) in [5, 5.41) is 10.4. The zero-order chi connectivity index (χ0) is 15.6. The topological polar surface area (TPSA) is 83.9 Å². The maximum atomic E-state index is 12.2. The highest BCUT2D eigenvalue weighted by molar-refractivity contribution is 7.89. The van der Waals surface area contributed by atoms with E-state index in [9.17, 15) is 13.2 Å². The van der Waals surface area contributed by atoms with E-state index < -0.39 is 16.0 Å². The van der Waals surface area contributed by atoms with Gasteiger partial charge in [-0.15, -0.1) is 11.3 Å². The van der Waals surface area contributed by atoms with Crippen molar-refractivity contribution in [3.8, 4) is 11.5 Å². The van der Waals surface area contributed by atoms with E-state index in [-0.39, 0.29) is 15.5 Å². The lowest BCUT2D eigenvalue weighted by Crippen LogP contribution is -2.22. The maximum absolute atomic E-state index is 12.2. The summed E-state index contributed by atoms with van der Waals surface area (Å²) >= 11 is 1.01. The molecule has 0 atom stereocenters. The van der Waals surface area contributed by atoms with Crippen LogP contribution in [-0.2, 0) is 10.0 Å². The molecule has 0 unspecified atom stereocenters. The summed E-state index contributed by atoms with van der Waals surface area (Å²) in [4.78, 5) is 11.0. The van der Waals surface area contributed by atoms with Gasteiger partial charge < -0.3 is 9.84 Å². The number of hydrogen-bond donors (Lipinski definition) is 1. The molecule has 1 aromatic carbocycles. The molecule has 0 amide bonds. The van der Waals surface area contributed by atoms with Crippen molar-refractivity contribution in [1.29, 1.82) is 0 Å². The van der Waals surface area contributed by atoms with Crippen LogP contribution in [0.3, 0.4) is 0 Å². The number of benzene rings is 1. The number of rotatable bonds is 5. The molecule has 0 aliphatic heterocycles. The third kappa shape index (κ3) is 3.23. The minimum absolute atomic E-state index is 0.0260. The highest BCUT2D eigenvalue weighted by Gasteiger charge is 2.22. The van der Waals surface area contributed by atoms with E-state index in [1.54, 1.807) is 12.1 Å². The van der Waals surface area contributed by atoms with Gasteiger partial charge >= 0.3 is 5.97 Å². The first-order chi connectivity index (χ1) is 9.82. The number of para-hydroxylation sites is 1. The Kier molecular flexibility index (Phi) is 4.31. The minimum atomic E-state index is -3.64. The van der Waals surface area contributed by atoms with Crippen LogP contribution in [-0.4, -0.2) is 37.9 Å². The SMILES string of the molecule is CN(C)S(=O)(=O)c1ccccc1Oc1csc(C(=O)O)c1. The molecule has 0 aliphatic rings. The van der Waals surface area contributed by atoms with Crippen molar-refractivity contribution in [2.75, 3.05) is 14.1 Å². The van der Waals surface area contributed by atoms with Gasteiger partial charge in [0.15, 0.2) is 0 Å². The zero-order valence-electron chi connectivity index (χ0n) is 11.3. The molecule has 0 spiro atoms. The van der Waals surface area contributed by atoms with Crippen LogP contribution < -0.4 is 4.74 Å². The largest absolute Gasteiger partial charge is 0.477 e. The summed E-state index contributed by atoms with van der Waals surface area (Å²) < 4.78 is 31.0. The van der Waals surface area contributed by atoms with Crippen LogP contribution in [0.4, 0.5) is 0 Å². The number of aromatic carboxylic acids is 1. The Balaban J connectivity index is 2.39. The third-order valence-electron chi connectivity index (χ3n) is 2.62. The number of ether oxygens (including phenoxy) is 1. The molecule has 0 radical (unpaired) electrons. The van der Waals surface area contributed by atoms with Gasteiger partial charge in [-0.1, -0.05) is 12.1 Å². The lowest BCUT2D eigenvalue weighted by Gasteiger charge is -2.14. The molecule has 0 aliphatic carbocycles. The molecule has 2 rings (SSSR count). The summed E-state index contributed by atoms with van der Waals surface area (Å²) in [7, 11) is -0.782. The Morgan fingerprint density at radius 1 is 1.29 bits per heavy atom. The van der Waals surface area contributed by atoms with Crippen LogP contribution in [0.5, 0.6) is 11.5 Å². The number of sulfonamides is 1. The molecular weight excluding hydrogens is 314 g/mol. The average molecular weight is 327 g/mol. The zero-order valence-corrected chi connectivity index (χ0v) is 12.9. The third-order valence-corrected chi connectivity index (χ3v) is 5.37. The van der Waals surface area contributed by atoms with Gasteiger partial charge in [0.25, 0.3) is 0 Å². The van der Waals surface area contributed by atoms with E-state index in [1.165, 1.54) is 37.7 Å². The van der Waals surface area contributed by atoms with Gasteiger partial charge in [0.2, 0.25) is 10.0 Å². The van der Waals surface area contributed by atoms with Crippen molar-refractivity contribution in [1.82, 2.24) is 4.31 Å². The molecule has 8 heteroatoms. The highest BCUT2D eigenvalue weighted by Crippen LogP contribution is 2.32. The summed E-state index contributed by atoms with van der Waals surface area (Å²) in [5.74, 6) is -0.608. The van der Waals surface area contributed by atoms with E-state index in [2.05, 4.69) is 0 Å². The van der Waals surface area contributed by atoms with Gasteiger partial charge in [0.1, 0.15) is 21.3 Å². The molecule has 1 aromatic heterocycles. The summed E-state index contributed by atoms with van der Waals surface area (Å²) in [6.45, 7) is 0. The van der Waals surface area contributed by atoms with Crippen molar-refractivity contribution in [3.63, 3.8) is 0 Å². The van der Waals surface area contributed by atoms with E-state index in [1.807, 2.05) is 0 Å². The first-order valence-corrected chi connectivity index (χ1v) is 8.15. The molecule has 0 bridgehead atoms. The number of carbonyl (C=O) groups is 1. The van der Waals surface area contributed by atoms with Crippen molar-refractivity contribution >= 4 is 27.3 Å².